The van der Waals surface area contributed by atoms with E-state index in [1.165, 1.54) is 11.8 Å². The molecule has 1 fully saturated rings. The van der Waals surface area contributed by atoms with Gasteiger partial charge in [0.1, 0.15) is 6.33 Å². The van der Waals surface area contributed by atoms with Gasteiger partial charge < -0.3 is 19.5 Å². The molecule has 2 aromatic rings. The first-order chi connectivity index (χ1) is 12.2. The van der Waals surface area contributed by atoms with Crippen molar-refractivity contribution in [2.75, 3.05) is 36.5 Å². The minimum atomic E-state index is -0.256. The van der Waals surface area contributed by atoms with E-state index in [2.05, 4.69) is 20.4 Å². The first kappa shape index (κ1) is 17.8. The smallest absolute Gasteiger partial charge is 0.237 e. The first-order valence-electron chi connectivity index (χ1n) is 8.45. The zero-order valence-electron chi connectivity index (χ0n) is 14.5. The molecule has 134 valence electrons. The Labute approximate surface area is 151 Å². The van der Waals surface area contributed by atoms with Crippen LogP contribution in [-0.4, -0.2) is 52.2 Å². The van der Waals surface area contributed by atoms with Gasteiger partial charge in [-0.1, -0.05) is 11.8 Å². The van der Waals surface area contributed by atoms with Crippen molar-refractivity contribution in [1.29, 1.82) is 0 Å². The molecule has 0 spiro atoms. The van der Waals surface area contributed by atoms with Crippen molar-refractivity contribution in [2.45, 2.75) is 30.8 Å². The predicted molar refractivity (Wildman–Crippen MR) is 99.1 cm³/mol. The summed E-state index contributed by atoms with van der Waals surface area (Å²) in [6.45, 7) is 8.00. The Morgan fingerprint density at radius 1 is 1.32 bits per heavy atom. The molecule has 3 rings (SSSR count). The van der Waals surface area contributed by atoms with Gasteiger partial charge in [0.15, 0.2) is 5.16 Å². The van der Waals surface area contributed by atoms with Crippen molar-refractivity contribution in [3.05, 3.63) is 30.6 Å². The normalized spacial score (nSPS) is 15.8. The molecule has 25 heavy (non-hydrogen) atoms. The molecule has 1 atom stereocenters. The number of hydrogen-bond acceptors (Lipinski definition) is 6. The minimum absolute atomic E-state index is 0.0465. The van der Waals surface area contributed by atoms with E-state index in [4.69, 9.17) is 4.74 Å². The molecule has 7 nitrogen and oxygen atoms in total. The highest BCUT2D eigenvalue weighted by atomic mass is 32.2. The molecule has 0 bridgehead atoms. The fourth-order valence-electron chi connectivity index (χ4n) is 2.59. The summed E-state index contributed by atoms with van der Waals surface area (Å²) < 4.78 is 7.29. The standard InChI is InChI=1S/C17H23N5O2S/c1-3-21-12-18-20-17(21)25-13(2)16(23)19-14-4-6-15(7-5-14)22-8-10-24-11-9-22/h4-7,12-13H,3,8-11H2,1-2H3,(H,19,23)/t13-/m0/s1. The van der Waals surface area contributed by atoms with Crippen molar-refractivity contribution in [1.82, 2.24) is 14.8 Å². The lowest BCUT2D eigenvalue weighted by atomic mass is 10.2. The van der Waals surface area contributed by atoms with Crippen LogP contribution in [0.15, 0.2) is 35.7 Å². The number of carbonyl (C=O) groups is 1. The van der Waals surface area contributed by atoms with E-state index in [0.29, 0.717) is 0 Å². The summed E-state index contributed by atoms with van der Waals surface area (Å²) in [5.41, 5.74) is 1.95. The molecule has 1 aromatic heterocycles. The number of nitrogens with one attached hydrogen (secondary N) is 1. The van der Waals surface area contributed by atoms with Gasteiger partial charge in [0.2, 0.25) is 5.91 Å². The number of ether oxygens (including phenoxy) is 1. The van der Waals surface area contributed by atoms with Crippen LogP contribution in [0.25, 0.3) is 0 Å². The summed E-state index contributed by atoms with van der Waals surface area (Å²) in [5.74, 6) is -0.0465. The molecule has 2 heterocycles. The summed E-state index contributed by atoms with van der Waals surface area (Å²) in [5, 5.41) is 11.4. The number of morpholine rings is 1. The Morgan fingerprint density at radius 2 is 2.04 bits per heavy atom. The monoisotopic (exact) mass is 361 g/mol. The third-order valence-electron chi connectivity index (χ3n) is 4.08. The number of hydrogen-bond donors (Lipinski definition) is 1. The molecule has 1 aromatic carbocycles. The molecule has 0 aliphatic carbocycles. The van der Waals surface area contributed by atoms with Crippen LogP contribution in [0.3, 0.4) is 0 Å². The maximum atomic E-state index is 12.4. The second-order valence-electron chi connectivity index (χ2n) is 5.80. The quantitative estimate of drug-likeness (QED) is 0.796. The van der Waals surface area contributed by atoms with Gasteiger partial charge in [-0.3, -0.25) is 4.79 Å². The van der Waals surface area contributed by atoms with Gasteiger partial charge in [-0.2, -0.15) is 0 Å². The average molecular weight is 361 g/mol. The van der Waals surface area contributed by atoms with Gasteiger partial charge in [-0.15, -0.1) is 10.2 Å². The Kier molecular flexibility index (Phi) is 5.93. The number of anilines is 2. The van der Waals surface area contributed by atoms with Crippen molar-refractivity contribution >= 4 is 29.0 Å². The molecule has 1 saturated heterocycles. The molecule has 1 aliphatic rings. The summed E-state index contributed by atoms with van der Waals surface area (Å²) in [6, 6.07) is 7.95. The zero-order valence-corrected chi connectivity index (χ0v) is 15.3. The molecular formula is C17H23N5O2S. The average Bonchev–Trinajstić information content (AvgIpc) is 3.10. The fraction of sp³-hybridized carbons (Fsp3) is 0.471. The lowest BCUT2D eigenvalue weighted by molar-refractivity contribution is -0.115. The second kappa shape index (κ2) is 8.35. The molecule has 1 amide bonds. The molecule has 8 heteroatoms. The highest BCUT2D eigenvalue weighted by Crippen LogP contribution is 2.23. The first-order valence-corrected chi connectivity index (χ1v) is 9.33. The van der Waals surface area contributed by atoms with Crippen LogP contribution in [0.4, 0.5) is 11.4 Å². The number of rotatable bonds is 6. The van der Waals surface area contributed by atoms with E-state index >= 15 is 0 Å². The maximum Gasteiger partial charge on any atom is 0.237 e. The molecule has 0 unspecified atom stereocenters. The molecule has 1 N–H and O–H groups in total. The maximum absolute atomic E-state index is 12.4. The molecule has 1 aliphatic heterocycles. The van der Waals surface area contributed by atoms with Crippen LogP contribution >= 0.6 is 11.8 Å². The van der Waals surface area contributed by atoms with E-state index < -0.39 is 0 Å². The van der Waals surface area contributed by atoms with Crippen molar-refractivity contribution in [3.8, 4) is 0 Å². The van der Waals surface area contributed by atoms with Crippen LogP contribution in [0.2, 0.25) is 0 Å². The van der Waals surface area contributed by atoms with Gasteiger partial charge in [0.05, 0.1) is 18.5 Å². The SMILES string of the molecule is CCn1cnnc1S[C@@H](C)C(=O)Nc1ccc(N2CCOCC2)cc1. The summed E-state index contributed by atoms with van der Waals surface area (Å²) >= 11 is 1.41. The zero-order chi connectivity index (χ0) is 17.6. The lowest BCUT2D eigenvalue weighted by Crippen LogP contribution is -2.36. The van der Waals surface area contributed by atoms with E-state index in [0.717, 1.165) is 49.4 Å². The fourth-order valence-corrected chi connectivity index (χ4v) is 3.47. The van der Waals surface area contributed by atoms with Crippen molar-refractivity contribution in [3.63, 3.8) is 0 Å². The van der Waals surface area contributed by atoms with E-state index in [1.807, 2.05) is 42.7 Å². The Balaban J connectivity index is 1.56. The van der Waals surface area contributed by atoms with E-state index in [1.54, 1.807) is 6.33 Å². The number of aromatic nitrogens is 3. The van der Waals surface area contributed by atoms with E-state index in [-0.39, 0.29) is 11.2 Å². The van der Waals surface area contributed by atoms with Crippen molar-refractivity contribution in [2.24, 2.45) is 0 Å². The summed E-state index contributed by atoms with van der Waals surface area (Å²) in [6.07, 6.45) is 1.68. The highest BCUT2D eigenvalue weighted by molar-refractivity contribution is 8.00. The summed E-state index contributed by atoms with van der Waals surface area (Å²) in [4.78, 5) is 14.7. The number of aryl methyl sites for hydroxylation is 1. The summed E-state index contributed by atoms with van der Waals surface area (Å²) in [7, 11) is 0. The third kappa shape index (κ3) is 4.52. The highest BCUT2D eigenvalue weighted by Gasteiger charge is 2.18. The molecule has 0 saturated carbocycles. The largest absolute Gasteiger partial charge is 0.378 e. The Bertz CT molecular complexity index is 697. The van der Waals surface area contributed by atoms with Gasteiger partial charge in [-0.05, 0) is 38.1 Å². The Hall–Kier alpha value is -2.06. The Morgan fingerprint density at radius 3 is 2.72 bits per heavy atom. The number of thioether (sulfide) groups is 1. The predicted octanol–water partition coefficient (Wildman–Crippen LogP) is 2.25. The van der Waals surface area contributed by atoms with Crippen LogP contribution in [0.5, 0.6) is 0 Å². The van der Waals surface area contributed by atoms with Crippen LogP contribution in [-0.2, 0) is 16.1 Å². The van der Waals surface area contributed by atoms with Crippen LogP contribution in [0, 0.1) is 0 Å². The molecule has 0 radical (unpaired) electrons. The number of nitrogens with zero attached hydrogens (tertiary/aromatic N) is 4. The number of amides is 1. The van der Waals surface area contributed by atoms with Crippen LogP contribution < -0.4 is 10.2 Å². The van der Waals surface area contributed by atoms with Gasteiger partial charge in [-0.25, -0.2) is 0 Å². The van der Waals surface area contributed by atoms with Gasteiger partial charge in [0, 0.05) is 31.0 Å². The number of benzene rings is 1. The second-order valence-corrected chi connectivity index (χ2v) is 7.10. The van der Waals surface area contributed by atoms with Gasteiger partial charge >= 0.3 is 0 Å². The molecular weight excluding hydrogens is 338 g/mol. The third-order valence-corrected chi connectivity index (χ3v) is 5.18. The lowest BCUT2D eigenvalue weighted by Gasteiger charge is -2.28. The van der Waals surface area contributed by atoms with Gasteiger partial charge in [0.25, 0.3) is 0 Å². The van der Waals surface area contributed by atoms with Crippen LogP contribution in [0.1, 0.15) is 13.8 Å². The number of carbonyl (C=O) groups excluding carboxylic acids is 1. The minimum Gasteiger partial charge on any atom is -0.378 e. The van der Waals surface area contributed by atoms with Crippen molar-refractivity contribution < 1.29 is 9.53 Å². The topological polar surface area (TPSA) is 72.3 Å². The van der Waals surface area contributed by atoms with E-state index in [9.17, 15) is 4.79 Å².